The number of aryl methyl sites for hydroxylation is 1. The molecule has 2 amide bonds. The van der Waals surface area contributed by atoms with E-state index in [2.05, 4.69) is 31.9 Å². The SMILES string of the molecule is Cc1ccc(Br)cc1NC(=O)CNC(=O)CC1CC2CCC(C1)N2. The molecule has 2 saturated heterocycles. The number of rotatable bonds is 5. The Balaban J connectivity index is 1.42. The standard InChI is InChI=1S/C18H24BrN3O2/c1-11-2-3-13(19)9-16(11)22-18(24)10-20-17(23)8-12-6-14-4-5-15(7-12)21-14/h2-3,9,12,14-15,21H,4-8,10H2,1H3,(H,20,23)(H,22,24). The molecule has 0 saturated carbocycles. The fourth-order valence-electron chi connectivity index (χ4n) is 3.78. The smallest absolute Gasteiger partial charge is 0.243 e. The van der Waals surface area contributed by atoms with Gasteiger partial charge in [0.1, 0.15) is 0 Å². The van der Waals surface area contributed by atoms with Crippen molar-refractivity contribution < 1.29 is 9.59 Å². The number of amides is 2. The lowest BCUT2D eigenvalue weighted by atomic mass is 9.89. The first kappa shape index (κ1) is 17.4. The first-order valence-electron chi connectivity index (χ1n) is 8.58. The molecule has 0 spiro atoms. The summed E-state index contributed by atoms with van der Waals surface area (Å²) in [6, 6.07) is 6.90. The Bertz CT molecular complexity index is 623. The van der Waals surface area contributed by atoms with Gasteiger partial charge < -0.3 is 16.0 Å². The maximum atomic E-state index is 12.1. The number of halogens is 1. The number of carbonyl (C=O) groups is 2. The molecule has 2 aliphatic heterocycles. The molecule has 2 unspecified atom stereocenters. The summed E-state index contributed by atoms with van der Waals surface area (Å²) >= 11 is 3.39. The molecule has 2 fully saturated rings. The van der Waals surface area contributed by atoms with Gasteiger partial charge in [-0.3, -0.25) is 9.59 Å². The van der Waals surface area contributed by atoms with E-state index in [0.717, 1.165) is 28.6 Å². The minimum Gasteiger partial charge on any atom is -0.347 e. The number of anilines is 1. The van der Waals surface area contributed by atoms with Crippen LogP contribution in [0.1, 0.15) is 37.7 Å². The van der Waals surface area contributed by atoms with E-state index < -0.39 is 0 Å². The van der Waals surface area contributed by atoms with Crippen molar-refractivity contribution in [3.05, 3.63) is 28.2 Å². The molecular formula is C18H24BrN3O2. The highest BCUT2D eigenvalue weighted by molar-refractivity contribution is 9.10. The largest absolute Gasteiger partial charge is 0.347 e. The van der Waals surface area contributed by atoms with Crippen LogP contribution in [0.4, 0.5) is 5.69 Å². The Labute approximate surface area is 151 Å². The molecule has 24 heavy (non-hydrogen) atoms. The second kappa shape index (κ2) is 7.66. The van der Waals surface area contributed by atoms with Crippen LogP contribution in [-0.2, 0) is 9.59 Å². The molecule has 6 heteroatoms. The molecular weight excluding hydrogens is 370 g/mol. The highest BCUT2D eigenvalue weighted by atomic mass is 79.9. The van der Waals surface area contributed by atoms with E-state index in [-0.39, 0.29) is 18.4 Å². The van der Waals surface area contributed by atoms with Crippen LogP contribution in [0.5, 0.6) is 0 Å². The molecule has 0 aliphatic carbocycles. The summed E-state index contributed by atoms with van der Waals surface area (Å²) in [6.07, 6.45) is 5.15. The minimum atomic E-state index is -0.199. The van der Waals surface area contributed by atoms with E-state index in [0.29, 0.717) is 24.4 Å². The molecule has 1 aromatic carbocycles. The van der Waals surface area contributed by atoms with Crippen molar-refractivity contribution in [1.29, 1.82) is 0 Å². The Morgan fingerprint density at radius 3 is 2.62 bits per heavy atom. The van der Waals surface area contributed by atoms with E-state index in [1.165, 1.54) is 12.8 Å². The van der Waals surface area contributed by atoms with E-state index in [9.17, 15) is 9.59 Å². The molecule has 5 nitrogen and oxygen atoms in total. The van der Waals surface area contributed by atoms with Gasteiger partial charge in [-0.05, 0) is 56.2 Å². The third-order valence-corrected chi connectivity index (χ3v) is 5.46. The van der Waals surface area contributed by atoms with Crippen LogP contribution in [-0.4, -0.2) is 30.4 Å². The van der Waals surface area contributed by atoms with E-state index in [1.807, 2.05) is 25.1 Å². The summed E-state index contributed by atoms with van der Waals surface area (Å²) < 4.78 is 0.910. The van der Waals surface area contributed by atoms with Crippen LogP contribution in [0.2, 0.25) is 0 Å². The first-order valence-corrected chi connectivity index (χ1v) is 9.37. The van der Waals surface area contributed by atoms with Crippen molar-refractivity contribution in [1.82, 2.24) is 10.6 Å². The Hall–Kier alpha value is -1.40. The van der Waals surface area contributed by atoms with Gasteiger partial charge in [0.15, 0.2) is 0 Å². The maximum Gasteiger partial charge on any atom is 0.243 e. The highest BCUT2D eigenvalue weighted by Crippen LogP contribution is 2.32. The number of hydrogen-bond donors (Lipinski definition) is 3. The van der Waals surface area contributed by atoms with Crippen molar-refractivity contribution >= 4 is 33.4 Å². The van der Waals surface area contributed by atoms with Gasteiger partial charge in [0.25, 0.3) is 0 Å². The quantitative estimate of drug-likeness (QED) is 0.719. The normalized spacial score (nSPS) is 25.3. The third kappa shape index (κ3) is 4.57. The fourth-order valence-corrected chi connectivity index (χ4v) is 4.14. The van der Waals surface area contributed by atoms with Gasteiger partial charge in [-0.1, -0.05) is 22.0 Å². The second-order valence-electron chi connectivity index (χ2n) is 6.96. The molecule has 2 bridgehead atoms. The number of hydrogen-bond acceptors (Lipinski definition) is 3. The average Bonchev–Trinajstić information content (AvgIpc) is 2.88. The summed E-state index contributed by atoms with van der Waals surface area (Å²) in [5, 5.41) is 9.17. The second-order valence-corrected chi connectivity index (χ2v) is 7.88. The molecule has 2 aliphatic rings. The minimum absolute atomic E-state index is 0.0165. The summed E-state index contributed by atoms with van der Waals surface area (Å²) in [5.74, 6) is 0.219. The zero-order chi connectivity index (χ0) is 17.1. The predicted molar refractivity (Wildman–Crippen MR) is 97.8 cm³/mol. The van der Waals surface area contributed by atoms with E-state index in [4.69, 9.17) is 0 Å². The van der Waals surface area contributed by atoms with Crippen LogP contribution >= 0.6 is 15.9 Å². The van der Waals surface area contributed by atoms with Gasteiger partial charge in [0.05, 0.1) is 6.54 Å². The Morgan fingerprint density at radius 2 is 1.92 bits per heavy atom. The zero-order valence-electron chi connectivity index (χ0n) is 13.9. The molecule has 130 valence electrons. The van der Waals surface area contributed by atoms with Gasteiger partial charge in [0, 0.05) is 28.7 Å². The van der Waals surface area contributed by atoms with Crippen molar-refractivity contribution in [3.63, 3.8) is 0 Å². The lowest BCUT2D eigenvalue weighted by Crippen LogP contribution is -2.40. The van der Waals surface area contributed by atoms with E-state index in [1.54, 1.807) is 0 Å². The summed E-state index contributed by atoms with van der Waals surface area (Å²) in [6.45, 7) is 1.95. The maximum absolute atomic E-state index is 12.1. The van der Waals surface area contributed by atoms with Crippen molar-refractivity contribution in [2.45, 2.75) is 51.1 Å². The van der Waals surface area contributed by atoms with Gasteiger partial charge >= 0.3 is 0 Å². The molecule has 3 N–H and O–H groups in total. The van der Waals surface area contributed by atoms with Crippen LogP contribution in [0.3, 0.4) is 0 Å². The molecule has 1 aromatic rings. The van der Waals surface area contributed by atoms with Gasteiger partial charge in [-0.15, -0.1) is 0 Å². The number of piperidine rings is 1. The first-order chi connectivity index (χ1) is 11.5. The lowest BCUT2D eigenvalue weighted by molar-refractivity contribution is -0.125. The Kier molecular flexibility index (Phi) is 5.56. The number of nitrogens with one attached hydrogen (secondary N) is 3. The molecule has 0 aromatic heterocycles. The fraction of sp³-hybridized carbons (Fsp3) is 0.556. The molecule has 0 radical (unpaired) electrons. The molecule has 3 rings (SSSR count). The average molecular weight is 394 g/mol. The van der Waals surface area contributed by atoms with Gasteiger partial charge in [0.2, 0.25) is 11.8 Å². The summed E-state index contributed by atoms with van der Waals surface area (Å²) in [5.41, 5.74) is 1.75. The number of fused-ring (bicyclic) bond motifs is 2. The van der Waals surface area contributed by atoms with Crippen LogP contribution in [0.15, 0.2) is 22.7 Å². The predicted octanol–water partition coefficient (Wildman–Crippen LogP) is 2.73. The summed E-state index contributed by atoms with van der Waals surface area (Å²) in [4.78, 5) is 24.1. The van der Waals surface area contributed by atoms with Gasteiger partial charge in [-0.2, -0.15) is 0 Å². The van der Waals surface area contributed by atoms with Crippen LogP contribution in [0, 0.1) is 12.8 Å². The van der Waals surface area contributed by atoms with E-state index >= 15 is 0 Å². The number of benzene rings is 1. The zero-order valence-corrected chi connectivity index (χ0v) is 15.5. The van der Waals surface area contributed by atoms with Crippen molar-refractivity contribution in [2.75, 3.05) is 11.9 Å². The number of carbonyl (C=O) groups excluding carboxylic acids is 2. The topological polar surface area (TPSA) is 70.2 Å². The van der Waals surface area contributed by atoms with Crippen molar-refractivity contribution in [3.8, 4) is 0 Å². The molecule has 2 atom stereocenters. The van der Waals surface area contributed by atoms with Crippen molar-refractivity contribution in [2.24, 2.45) is 5.92 Å². The van der Waals surface area contributed by atoms with Crippen LogP contribution in [0.25, 0.3) is 0 Å². The van der Waals surface area contributed by atoms with Crippen LogP contribution < -0.4 is 16.0 Å². The monoisotopic (exact) mass is 393 g/mol. The summed E-state index contributed by atoms with van der Waals surface area (Å²) in [7, 11) is 0. The lowest BCUT2D eigenvalue weighted by Gasteiger charge is -2.28. The van der Waals surface area contributed by atoms with Gasteiger partial charge in [-0.25, -0.2) is 0 Å². The Morgan fingerprint density at radius 1 is 1.21 bits per heavy atom. The third-order valence-electron chi connectivity index (χ3n) is 4.96. The molecule has 2 heterocycles. The highest BCUT2D eigenvalue weighted by Gasteiger charge is 2.34.